The molecule has 0 spiro atoms. The number of aromatic nitrogens is 1. The number of carbonyl (C=O) groups excluding carboxylic acids is 1. The Morgan fingerprint density at radius 2 is 2.00 bits per heavy atom. The monoisotopic (exact) mass is 374 g/mol. The number of likely N-dealkylation sites (tertiary alicyclic amines) is 1. The van der Waals surface area contributed by atoms with Crippen molar-refractivity contribution in [2.24, 2.45) is 5.41 Å². The van der Waals surface area contributed by atoms with Gasteiger partial charge in [0.1, 0.15) is 5.75 Å². The van der Waals surface area contributed by atoms with Gasteiger partial charge >= 0.3 is 0 Å². The summed E-state index contributed by atoms with van der Waals surface area (Å²) in [6.07, 6.45) is 3.49. The number of phenolic OH excluding ortho intramolecular Hbond substituents is 1. The minimum Gasteiger partial charge on any atom is -0.508 e. The Bertz CT molecular complexity index is 1100. The fraction of sp³-hybridized carbons (Fsp3) is 0.375. The van der Waals surface area contributed by atoms with Crippen molar-refractivity contribution in [3.8, 4) is 5.75 Å². The summed E-state index contributed by atoms with van der Waals surface area (Å²) in [6.45, 7) is 7.59. The van der Waals surface area contributed by atoms with Crippen molar-refractivity contribution in [2.45, 2.75) is 45.1 Å². The van der Waals surface area contributed by atoms with E-state index in [2.05, 4.69) is 31.8 Å². The van der Waals surface area contributed by atoms with Gasteiger partial charge in [-0.25, -0.2) is 0 Å². The Morgan fingerprint density at radius 1 is 1.18 bits per heavy atom. The largest absolute Gasteiger partial charge is 0.508 e. The number of aromatic amines is 1. The smallest absolute Gasteiger partial charge is 0.254 e. The molecule has 4 nitrogen and oxygen atoms in total. The fourth-order valence-corrected chi connectivity index (χ4v) is 5.52. The highest BCUT2D eigenvalue weighted by Crippen LogP contribution is 2.57. The highest BCUT2D eigenvalue weighted by molar-refractivity contribution is 5.98. The van der Waals surface area contributed by atoms with Gasteiger partial charge in [0.25, 0.3) is 5.91 Å². The predicted molar refractivity (Wildman–Crippen MR) is 111 cm³/mol. The SMILES string of the molecule is CC1(C)[C@H]2Cc3c(O)cccc3[C@]1(C)CCN2C(=O)c1ccc2[nH]ccc2c1. The molecule has 1 amide bonds. The van der Waals surface area contributed by atoms with E-state index in [4.69, 9.17) is 0 Å². The van der Waals surface area contributed by atoms with Gasteiger partial charge in [-0.2, -0.15) is 0 Å². The lowest BCUT2D eigenvalue weighted by molar-refractivity contribution is -0.0266. The highest BCUT2D eigenvalue weighted by Gasteiger charge is 2.57. The standard InChI is InChI=1S/C24H26N2O2/c1-23(2)21-14-17-18(5-4-6-20(17)27)24(23,3)10-12-26(21)22(28)16-7-8-19-15(13-16)9-11-25-19/h4-9,11,13,21,25,27H,10,12,14H2,1-3H3/t21-,24+/m1/s1. The number of aromatic hydroxyl groups is 1. The average molecular weight is 374 g/mol. The van der Waals surface area contributed by atoms with Crippen molar-refractivity contribution in [2.75, 3.05) is 6.54 Å². The van der Waals surface area contributed by atoms with E-state index in [-0.39, 0.29) is 22.8 Å². The molecule has 0 saturated carbocycles. The molecule has 2 aliphatic rings. The fourth-order valence-electron chi connectivity index (χ4n) is 5.52. The van der Waals surface area contributed by atoms with E-state index in [1.165, 1.54) is 5.56 Å². The maximum absolute atomic E-state index is 13.5. The predicted octanol–water partition coefficient (Wildman–Crippen LogP) is 4.63. The van der Waals surface area contributed by atoms with Gasteiger partial charge in [-0.3, -0.25) is 4.79 Å². The molecule has 2 atom stereocenters. The molecule has 1 aliphatic carbocycles. The molecule has 0 radical (unpaired) electrons. The van der Waals surface area contributed by atoms with Gasteiger partial charge < -0.3 is 15.0 Å². The number of carbonyl (C=O) groups is 1. The summed E-state index contributed by atoms with van der Waals surface area (Å²) in [6, 6.07) is 13.8. The third kappa shape index (κ3) is 2.15. The van der Waals surface area contributed by atoms with E-state index in [0.29, 0.717) is 12.2 Å². The zero-order chi connectivity index (χ0) is 19.7. The van der Waals surface area contributed by atoms with Crippen LogP contribution in [0.3, 0.4) is 0 Å². The van der Waals surface area contributed by atoms with E-state index >= 15 is 0 Å². The molecule has 2 heterocycles. The second kappa shape index (κ2) is 5.63. The molecule has 1 aliphatic heterocycles. The van der Waals surface area contributed by atoms with Crippen LogP contribution in [-0.4, -0.2) is 33.5 Å². The summed E-state index contributed by atoms with van der Waals surface area (Å²) >= 11 is 0. The number of nitrogens with zero attached hydrogens (tertiary/aromatic N) is 1. The van der Waals surface area contributed by atoms with Crippen molar-refractivity contribution < 1.29 is 9.90 Å². The minimum atomic E-state index is -0.0834. The van der Waals surface area contributed by atoms with Crippen LogP contribution >= 0.6 is 0 Å². The third-order valence-electron chi connectivity index (χ3n) is 7.69. The molecular weight excluding hydrogens is 348 g/mol. The Kier molecular flexibility index (Phi) is 3.49. The summed E-state index contributed by atoms with van der Waals surface area (Å²) in [5.41, 5.74) is 3.88. The van der Waals surface area contributed by atoms with E-state index in [1.807, 2.05) is 41.4 Å². The van der Waals surface area contributed by atoms with Gasteiger partial charge in [-0.1, -0.05) is 32.9 Å². The van der Waals surface area contributed by atoms with Crippen LogP contribution < -0.4 is 0 Å². The number of benzene rings is 2. The maximum Gasteiger partial charge on any atom is 0.254 e. The summed E-state index contributed by atoms with van der Waals surface area (Å²) in [5.74, 6) is 0.439. The zero-order valence-electron chi connectivity index (χ0n) is 16.6. The van der Waals surface area contributed by atoms with E-state index < -0.39 is 0 Å². The quantitative estimate of drug-likeness (QED) is 0.652. The normalized spacial score (nSPS) is 25.5. The lowest BCUT2D eigenvalue weighted by Crippen LogP contribution is -2.64. The van der Waals surface area contributed by atoms with Crippen LogP contribution in [0.15, 0.2) is 48.7 Å². The molecule has 4 heteroatoms. The molecule has 2 bridgehead atoms. The van der Waals surface area contributed by atoms with Crippen LogP contribution in [0.2, 0.25) is 0 Å². The maximum atomic E-state index is 13.5. The number of phenols is 1. The second-order valence-corrected chi connectivity index (χ2v) is 9.11. The number of amides is 1. The van der Waals surface area contributed by atoms with Crippen LogP contribution in [0.1, 0.15) is 48.7 Å². The molecule has 3 aromatic rings. The van der Waals surface area contributed by atoms with Gasteiger partial charge in [0.05, 0.1) is 0 Å². The van der Waals surface area contributed by atoms with Crippen molar-refractivity contribution in [1.29, 1.82) is 0 Å². The molecule has 1 fully saturated rings. The topological polar surface area (TPSA) is 56.3 Å². The molecule has 1 saturated heterocycles. The molecule has 5 rings (SSSR count). The van der Waals surface area contributed by atoms with Crippen molar-refractivity contribution in [3.63, 3.8) is 0 Å². The van der Waals surface area contributed by atoms with Crippen LogP contribution in [0, 0.1) is 5.41 Å². The molecule has 144 valence electrons. The van der Waals surface area contributed by atoms with Crippen LogP contribution in [-0.2, 0) is 11.8 Å². The van der Waals surface area contributed by atoms with Crippen molar-refractivity contribution in [3.05, 3.63) is 65.4 Å². The molecule has 1 aromatic heterocycles. The number of rotatable bonds is 1. The lowest BCUT2D eigenvalue weighted by atomic mass is 9.51. The number of hydrogen-bond acceptors (Lipinski definition) is 2. The lowest BCUT2D eigenvalue weighted by Gasteiger charge is -2.60. The molecule has 2 aromatic carbocycles. The Hall–Kier alpha value is -2.75. The minimum absolute atomic E-state index is 0.0569. The zero-order valence-corrected chi connectivity index (χ0v) is 16.6. The van der Waals surface area contributed by atoms with Crippen LogP contribution in [0.5, 0.6) is 5.75 Å². The van der Waals surface area contributed by atoms with Gasteiger partial charge in [0, 0.05) is 40.7 Å². The summed E-state index contributed by atoms with van der Waals surface area (Å²) < 4.78 is 0. The second-order valence-electron chi connectivity index (χ2n) is 9.11. The third-order valence-corrected chi connectivity index (χ3v) is 7.69. The average Bonchev–Trinajstić information content (AvgIpc) is 3.12. The van der Waals surface area contributed by atoms with E-state index in [9.17, 15) is 9.90 Å². The number of H-pyrrole nitrogens is 1. The van der Waals surface area contributed by atoms with Crippen molar-refractivity contribution in [1.82, 2.24) is 9.88 Å². The number of hydrogen-bond donors (Lipinski definition) is 2. The summed E-state index contributed by atoms with van der Waals surface area (Å²) in [4.78, 5) is 18.7. The van der Waals surface area contributed by atoms with Gasteiger partial charge in [-0.15, -0.1) is 0 Å². The highest BCUT2D eigenvalue weighted by atomic mass is 16.3. The van der Waals surface area contributed by atoms with Gasteiger partial charge in [0.2, 0.25) is 0 Å². The van der Waals surface area contributed by atoms with Crippen molar-refractivity contribution >= 4 is 16.8 Å². The van der Waals surface area contributed by atoms with E-state index in [0.717, 1.165) is 35.0 Å². The first-order valence-electron chi connectivity index (χ1n) is 10.0. The Balaban J connectivity index is 1.58. The molecule has 28 heavy (non-hydrogen) atoms. The van der Waals surface area contributed by atoms with Gasteiger partial charge in [0.15, 0.2) is 0 Å². The first-order valence-corrected chi connectivity index (χ1v) is 10.0. The Morgan fingerprint density at radius 3 is 2.82 bits per heavy atom. The van der Waals surface area contributed by atoms with Gasteiger partial charge in [-0.05, 0) is 59.7 Å². The van der Waals surface area contributed by atoms with Crippen LogP contribution in [0.25, 0.3) is 10.9 Å². The summed E-state index contributed by atoms with van der Waals surface area (Å²) in [5, 5.41) is 11.6. The van der Waals surface area contributed by atoms with E-state index in [1.54, 1.807) is 6.07 Å². The Labute approximate surface area is 165 Å². The number of fused-ring (bicyclic) bond motifs is 5. The number of piperidine rings is 1. The molecular formula is C24H26N2O2. The molecule has 2 N–H and O–H groups in total. The number of nitrogens with one attached hydrogen (secondary N) is 1. The first-order chi connectivity index (χ1) is 13.3. The summed E-state index contributed by atoms with van der Waals surface area (Å²) in [7, 11) is 0. The van der Waals surface area contributed by atoms with Crippen LogP contribution in [0.4, 0.5) is 0 Å². The first kappa shape index (κ1) is 17.4. The molecule has 0 unspecified atom stereocenters.